The third-order valence-electron chi connectivity index (χ3n) is 6.69. The molecule has 1 heteroatoms. The average Bonchev–Trinajstić information content (AvgIpc) is 2.69. The predicted molar refractivity (Wildman–Crippen MR) is 119 cm³/mol. The van der Waals surface area contributed by atoms with Gasteiger partial charge in [-0.2, -0.15) is 0 Å². The summed E-state index contributed by atoms with van der Waals surface area (Å²) in [6.07, 6.45) is 11.0. The molecule has 28 heavy (non-hydrogen) atoms. The maximum Gasteiger partial charge on any atom is 0.127 e. The molecule has 1 atom stereocenters. The Morgan fingerprint density at radius 3 is 2.25 bits per heavy atom. The lowest BCUT2D eigenvalue weighted by atomic mass is 9.79. The summed E-state index contributed by atoms with van der Waals surface area (Å²) < 4.78 is 14.8. The number of hydrogen-bond acceptors (Lipinski definition) is 0. The van der Waals surface area contributed by atoms with Crippen LogP contribution in [0.4, 0.5) is 4.39 Å². The van der Waals surface area contributed by atoms with Crippen molar-refractivity contribution in [1.29, 1.82) is 0 Å². The van der Waals surface area contributed by atoms with Gasteiger partial charge in [0, 0.05) is 0 Å². The average molecular weight is 381 g/mol. The molecule has 1 fully saturated rings. The normalized spacial score (nSPS) is 20.9. The highest BCUT2D eigenvalue weighted by molar-refractivity contribution is 5.64. The van der Waals surface area contributed by atoms with E-state index in [-0.39, 0.29) is 5.82 Å². The zero-order valence-electron chi connectivity index (χ0n) is 18.0. The van der Waals surface area contributed by atoms with E-state index in [9.17, 15) is 4.39 Å². The second-order valence-electron chi connectivity index (χ2n) is 9.18. The molecule has 1 aliphatic rings. The van der Waals surface area contributed by atoms with Gasteiger partial charge in [0.2, 0.25) is 0 Å². The minimum Gasteiger partial charge on any atom is -0.207 e. The van der Waals surface area contributed by atoms with Crippen LogP contribution in [0.5, 0.6) is 0 Å². The quantitative estimate of drug-likeness (QED) is 0.430. The van der Waals surface area contributed by atoms with Crippen molar-refractivity contribution in [3.05, 3.63) is 59.4 Å². The Hall–Kier alpha value is -1.63. The molecule has 2 aromatic carbocycles. The van der Waals surface area contributed by atoms with Crippen LogP contribution in [-0.4, -0.2) is 0 Å². The Bertz CT molecular complexity index is 722. The van der Waals surface area contributed by atoms with Gasteiger partial charge in [-0.3, -0.25) is 0 Å². The van der Waals surface area contributed by atoms with Gasteiger partial charge in [-0.15, -0.1) is 0 Å². The molecule has 0 saturated heterocycles. The summed E-state index contributed by atoms with van der Waals surface area (Å²) in [4.78, 5) is 0. The fourth-order valence-electron chi connectivity index (χ4n) is 4.76. The van der Waals surface area contributed by atoms with E-state index >= 15 is 0 Å². The Balaban J connectivity index is 1.60. The first-order valence-corrected chi connectivity index (χ1v) is 11.5. The number of benzene rings is 2. The molecule has 1 saturated carbocycles. The molecule has 0 N–H and O–H groups in total. The molecule has 0 bridgehead atoms. The summed E-state index contributed by atoms with van der Waals surface area (Å²) in [5.74, 6) is 2.01. The first-order chi connectivity index (χ1) is 13.6. The van der Waals surface area contributed by atoms with Gasteiger partial charge in [0.25, 0.3) is 0 Å². The van der Waals surface area contributed by atoms with Crippen molar-refractivity contribution >= 4 is 0 Å². The molecule has 2 aromatic rings. The minimum absolute atomic E-state index is 0.0222. The molecule has 0 aromatic heterocycles. The predicted octanol–water partition coefficient (Wildman–Crippen LogP) is 8.55. The first kappa shape index (κ1) is 21.1. The molecular formula is C27H37F. The van der Waals surface area contributed by atoms with E-state index in [0.29, 0.717) is 5.92 Å². The summed E-state index contributed by atoms with van der Waals surface area (Å²) >= 11 is 0. The molecule has 0 radical (unpaired) electrons. The molecule has 1 unspecified atom stereocenters. The Morgan fingerprint density at radius 1 is 0.929 bits per heavy atom. The molecule has 152 valence electrons. The van der Waals surface area contributed by atoms with Crippen LogP contribution in [0.1, 0.15) is 89.2 Å². The maximum absolute atomic E-state index is 14.8. The van der Waals surface area contributed by atoms with Crippen LogP contribution in [0.2, 0.25) is 0 Å². The third-order valence-corrected chi connectivity index (χ3v) is 6.69. The summed E-state index contributed by atoms with van der Waals surface area (Å²) in [5.41, 5.74) is 4.42. The van der Waals surface area contributed by atoms with E-state index in [1.54, 1.807) is 6.07 Å². The van der Waals surface area contributed by atoms with Crippen molar-refractivity contribution < 1.29 is 4.39 Å². The van der Waals surface area contributed by atoms with E-state index in [0.717, 1.165) is 47.8 Å². The van der Waals surface area contributed by atoms with Crippen LogP contribution < -0.4 is 0 Å². The van der Waals surface area contributed by atoms with Crippen LogP contribution >= 0.6 is 0 Å². The standard InChI is InChI=1S/C27H37F/c1-4-6-20(2)7-5-8-22-11-15-23(16-12-22)25-17-18-26(27(28)19-25)24-13-9-21(3)10-14-24/h11-12,15-21,24H,4-10,13-14H2,1-3H3. The largest absolute Gasteiger partial charge is 0.207 e. The van der Waals surface area contributed by atoms with E-state index in [4.69, 9.17) is 0 Å². The van der Waals surface area contributed by atoms with E-state index in [1.165, 1.54) is 44.1 Å². The highest BCUT2D eigenvalue weighted by Crippen LogP contribution is 2.37. The van der Waals surface area contributed by atoms with Crippen molar-refractivity contribution in [3.63, 3.8) is 0 Å². The zero-order valence-corrected chi connectivity index (χ0v) is 18.0. The second kappa shape index (κ2) is 10.2. The third kappa shape index (κ3) is 5.69. The summed E-state index contributed by atoms with van der Waals surface area (Å²) in [5, 5.41) is 0. The number of rotatable bonds is 8. The van der Waals surface area contributed by atoms with Gasteiger partial charge in [-0.05, 0) is 71.8 Å². The fraction of sp³-hybridized carbons (Fsp3) is 0.556. The summed E-state index contributed by atoms with van der Waals surface area (Å²) in [6.45, 7) is 6.93. The van der Waals surface area contributed by atoms with Gasteiger partial charge < -0.3 is 0 Å². The van der Waals surface area contributed by atoms with Gasteiger partial charge in [-0.25, -0.2) is 4.39 Å². The lowest BCUT2D eigenvalue weighted by Gasteiger charge is -2.26. The number of hydrogen-bond donors (Lipinski definition) is 0. The highest BCUT2D eigenvalue weighted by atomic mass is 19.1. The Morgan fingerprint density at radius 2 is 1.61 bits per heavy atom. The monoisotopic (exact) mass is 380 g/mol. The molecule has 0 aliphatic heterocycles. The molecule has 1 aliphatic carbocycles. The molecular weight excluding hydrogens is 343 g/mol. The molecule has 0 heterocycles. The van der Waals surface area contributed by atoms with Crippen molar-refractivity contribution in [2.24, 2.45) is 11.8 Å². The topological polar surface area (TPSA) is 0 Å². The van der Waals surface area contributed by atoms with Gasteiger partial charge >= 0.3 is 0 Å². The van der Waals surface area contributed by atoms with Crippen LogP contribution in [0.25, 0.3) is 11.1 Å². The van der Waals surface area contributed by atoms with E-state index in [2.05, 4.69) is 51.1 Å². The Labute approximate surface area is 171 Å². The van der Waals surface area contributed by atoms with Crippen molar-refractivity contribution in [2.45, 2.75) is 84.5 Å². The van der Waals surface area contributed by atoms with Crippen molar-refractivity contribution in [2.75, 3.05) is 0 Å². The zero-order chi connectivity index (χ0) is 19.9. The fourth-order valence-corrected chi connectivity index (χ4v) is 4.76. The second-order valence-corrected chi connectivity index (χ2v) is 9.18. The molecule has 0 nitrogen and oxygen atoms in total. The lowest BCUT2D eigenvalue weighted by Crippen LogP contribution is -2.12. The minimum atomic E-state index is -0.0222. The molecule has 0 amide bonds. The lowest BCUT2D eigenvalue weighted by molar-refractivity contribution is 0.342. The van der Waals surface area contributed by atoms with Crippen LogP contribution in [-0.2, 0) is 6.42 Å². The van der Waals surface area contributed by atoms with Gasteiger partial charge in [0.05, 0.1) is 0 Å². The SMILES string of the molecule is CCCC(C)CCCc1ccc(-c2ccc(C3CCC(C)CC3)c(F)c2)cc1. The van der Waals surface area contributed by atoms with Gasteiger partial charge in [-0.1, -0.05) is 89.3 Å². The van der Waals surface area contributed by atoms with Gasteiger partial charge in [0.1, 0.15) is 5.82 Å². The first-order valence-electron chi connectivity index (χ1n) is 11.5. The van der Waals surface area contributed by atoms with Crippen LogP contribution in [0.15, 0.2) is 42.5 Å². The molecule has 0 spiro atoms. The highest BCUT2D eigenvalue weighted by Gasteiger charge is 2.22. The van der Waals surface area contributed by atoms with Crippen molar-refractivity contribution in [3.8, 4) is 11.1 Å². The van der Waals surface area contributed by atoms with Crippen LogP contribution in [0.3, 0.4) is 0 Å². The Kier molecular flexibility index (Phi) is 7.71. The van der Waals surface area contributed by atoms with Crippen LogP contribution in [0, 0.1) is 17.7 Å². The molecule has 3 rings (SSSR count). The number of halogens is 1. The maximum atomic E-state index is 14.8. The number of aryl methyl sites for hydroxylation is 1. The van der Waals surface area contributed by atoms with E-state index < -0.39 is 0 Å². The summed E-state index contributed by atoms with van der Waals surface area (Å²) in [7, 11) is 0. The summed E-state index contributed by atoms with van der Waals surface area (Å²) in [6, 6.07) is 14.6. The smallest absolute Gasteiger partial charge is 0.127 e. The van der Waals surface area contributed by atoms with E-state index in [1.807, 2.05) is 6.07 Å². The van der Waals surface area contributed by atoms with Gasteiger partial charge in [0.15, 0.2) is 0 Å². The van der Waals surface area contributed by atoms with Crippen molar-refractivity contribution in [1.82, 2.24) is 0 Å².